The summed E-state index contributed by atoms with van der Waals surface area (Å²) in [5.74, 6) is -2.44. The molecule has 0 amide bonds. The van der Waals surface area contributed by atoms with Gasteiger partial charge in [0.15, 0.2) is 5.60 Å². The molecular formula is C24H28O10-2. The van der Waals surface area contributed by atoms with Crippen LogP contribution in [0.3, 0.4) is 0 Å². The van der Waals surface area contributed by atoms with Crippen molar-refractivity contribution in [2.45, 2.75) is 94.1 Å². The molecule has 7 rings (SSSR count). The topological polar surface area (TPSA) is 164 Å². The highest BCUT2D eigenvalue weighted by Crippen LogP contribution is 2.82. The van der Waals surface area contributed by atoms with Crippen LogP contribution in [0.1, 0.15) is 52.9 Å². The maximum Gasteiger partial charge on any atom is 0.334 e. The summed E-state index contributed by atoms with van der Waals surface area (Å²) in [5.41, 5.74) is 0.230. The smallest absolute Gasteiger partial charge is 0.334 e. The van der Waals surface area contributed by atoms with Crippen LogP contribution in [-0.2, 0) is 33.3 Å². The van der Waals surface area contributed by atoms with Crippen molar-refractivity contribution in [3.05, 3.63) is 11.1 Å². The van der Waals surface area contributed by atoms with Gasteiger partial charge in [-0.05, 0) is 49.5 Å². The monoisotopic (exact) mass is 476 g/mol. The molecule has 5 fully saturated rings. The van der Waals surface area contributed by atoms with Crippen LogP contribution in [0, 0.1) is 17.3 Å². The molecule has 10 heteroatoms. The average molecular weight is 476 g/mol. The molecule has 10 nitrogen and oxygen atoms in total. The average Bonchev–Trinajstić information content (AvgIpc) is 3.66. The molecule has 0 unspecified atom stereocenters. The largest absolute Gasteiger partial charge is 0.550 e. The zero-order valence-electron chi connectivity index (χ0n) is 19.3. The van der Waals surface area contributed by atoms with E-state index in [1.54, 1.807) is 0 Å². The van der Waals surface area contributed by atoms with Crippen molar-refractivity contribution in [1.82, 2.24) is 0 Å². The maximum atomic E-state index is 12.1. The Labute approximate surface area is 196 Å². The summed E-state index contributed by atoms with van der Waals surface area (Å²) in [6.45, 7) is 6.91. The number of ether oxygens (including phenoxy) is 4. The van der Waals surface area contributed by atoms with E-state index in [0.29, 0.717) is 6.61 Å². The van der Waals surface area contributed by atoms with Crippen molar-refractivity contribution in [1.29, 1.82) is 0 Å². The zero-order chi connectivity index (χ0) is 24.4. The van der Waals surface area contributed by atoms with Gasteiger partial charge in [-0.25, -0.2) is 4.79 Å². The van der Waals surface area contributed by atoms with E-state index in [4.69, 9.17) is 18.9 Å². The molecule has 0 aromatic rings. The molecule has 1 N–H and O–H groups in total. The Bertz CT molecular complexity index is 1020. The van der Waals surface area contributed by atoms with E-state index in [1.807, 2.05) is 0 Å². The van der Waals surface area contributed by atoms with Crippen LogP contribution in [0.15, 0.2) is 11.1 Å². The zero-order valence-corrected chi connectivity index (χ0v) is 19.3. The Kier molecular flexibility index (Phi) is 4.36. The number of carboxylic acid groups (broad SMARTS) is 2. The van der Waals surface area contributed by atoms with Crippen molar-refractivity contribution in [3.8, 4) is 0 Å². The lowest BCUT2D eigenvalue weighted by Gasteiger charge is -2.53. The number of aliphatic hydroxyl groups is 1. The van der Waals surface area contributed by atoms with Gasteiger partial charge in [0, 0.05) is 22.9 Å². The molecule has 3 aliphatic carbocycles. The van der Waals surface area contributed by atoms with Crippen molar-refractivity contribution in [2.75, 3.05) is 6.61 Å². The molecule has 9 atom stereocenters. The molecule has 34 heavy (non-hydrogen) atoms. The molecule has 0 radical (unpaired) electrons. The Hall–Kier alpha value is -2.01. The molecule has 2 spiro atoms. The van der Waals surface area contributed by atoms with E-state index in [-0.39, 0.29) is 41.5 Å². The number of aliphatic carboxylic acids is 2. The SMILES string of the molecule is CC(C)[C@]12O[C@H]1[C@@H]1O[C@]13[C@]1(O[C@H]1C[C@H]1C4=C(CC[C@@]13C)C(=O)OC4)[C@@H]2O.O=C([O-])CCC(=O)[O-]. The summed E-state index contributed by atoms with van der Waals surface area (Å²) in [6.07, 6.45) is 0.767. The minimum Gasteiger partial charge on any atom is -0.550 e. The highest BCUT2D eigenvalue weighted by atomic mass is 16.7. The van der Waals surface area contributed by atoms with Gasteiger partial charge in [-0.3, -0.25) is 0 Å². The molecular weight excluding hydrogens is 448 g/mol. The van der Waals surface area contributed by atoms with Crippen LogP contribution in [0.5, 0.6) is 0 Å². The number of fused-ring (bicyclic) bond motifs is 4. The van der Waals surface area contributed by atoms with E-state index in [9.17, 15) is 29.7 Å². The number of epoxide rings is 3. The van der Waals surface area contributed by atoms with Crippen LogP contribution >= 0.6 is 0 Å². The van der Waals surface area contributed by atoms with E-state index in [0.717, 1.165) is 30.4 Å². The van der Waals surface area contributed by atoms with Gasteiger partial charge in [-0.2, -0.15) is 0 Å². The molecule has 2 saturated carbocycles. The lowest BCUT2D eigenvalue weighted by molar-refractivity contribution is -0.315. The van der Waals surface area contributed by atoms with E-state index in [1.165, 1.54) is 0 Å². The molecule has 4 aliphatic heterocycles. The predicted octanol–water partition coefficient (Wildman–Crippen LogP) is -1.63. The normalized spacial score (nSPS) is 50.3. The number of hydrogen-bond donors (Lipinski definition) is 1. The van der Waals surface area contributed by atoms with Crippen LogP contribution in [0.4, 0.5) is 0 Å². The summed E-state index contributed by atoms with van der Waals surface area (Å²) in [7, 11) is 0. The van der Waals surface area contributed by atoms with Crippen molar-refractivity contribution >= 4 is 17.9 Å². The van der Waals surface area contributed by atoms with Gasteiger partial charge in [-0.15, -0.1) is 0 Å². The van der Waals surface area contributed by atoms with Gasteiger partial charge in [0.25, 0.3) is 0 Å². The minimum atomic E-state index is -1.37. The first-order valence-corrected chi connectivity index (χ1v) is 12.0. The number of rotatable bonds is 4. The molecule has 0 aromatic carbocycles. The second-order valence-corrected chi connectivity index (χ2v) is 11.2. The van der Waals surface area contributed by atoms with Gasteiger partial charge in [-0.1, -0.05) is 20.8 Å². The first-order chi connectivity index (χ1) is 16.0. The highest BCUT2D eigenvalue weighted by molar-refractivity contribution is 5.92. The standard InChI is InChI=1S/C20H24O6.C4H6O4/c1-8(2)18-13(25-18)14-20(26-14)17(3)5-4-9-10(7-23-15(9)21)11(17)6-12-19(20,24-12)16(18)22;5-3(6)1-2-4(7)8/h8,11-14,16,22H,4-7H2,1-3H3;1-2H2,(H,5,6)(H,7,8)/p-2/t11-,12-,13-,14-,16+,17-,18-,19+,20+;/m0./s1. The first kappa shape index (κ1) is 22.5. The molecule has 3 saturated heterocycles. The van der Waals surface area contributed by atoms with Gasteiger partial charge in [0.1, 0.15) is 36.1 Å². The molecule has 186 valence electrons. The molecule has 7 aliphatic rings. The summed E-state index contributed by atoms with van der Waals surface area (Å²) in [5, 5.41) is 30.4. The lowest BCUT2D eigenvalue weighted by Crippen LogP contribution is -2.69. The van der Waals surface area contributed by atoms with E-state index in [2.05, 4.69) is 20.8 Å². The third kappa shape index (κ3) is 2.38. The number of carbonyl (C=O) groups is 3. The van der Waals surface area contributed by atoms with Gasteiger partial charge in [0.2, 0.25) is 0 Å². The molecule has 0 bridgehead atoms. The Morgan fingerprint density at radius 3 is 2.41 bits per heavy atom. The summed E-state index contributed by atoms with van der Waals surface area (Å²) in [6, 6.07) is 0. The van der Waals surface area contributed by atoms with E-state index < -0.39 is 47.7 Å². The fourth-order valence-corrected chi connectivity index (χ4v) is 7.91. The number of hydrogen-bond acceptors (Lipinski definition) is 10. The summed E-state index contributed by atoms with van der Waals surface area (Å²) < 4.78 is 24.3. The Morgan fingerprint density at radius 1 is 1.12 bits per heavy atom. The van der Waals surface area contributed by atoms with Crippen molar-refractivity contribution < 1.29 is 48.7 Å². The van der Waals surface area contributed by atoms with E-state index >= 15 is 0 Å². The predicted molar refractivity (Wildman–Crippen MR) is 106 cm³/mol. The number of cyclic esters (lactones) is 1. The van der Waals surface area contributed by atoms with Gasteiger partial charge < -0.3 is 43.9 Å². The van der Waals surface area contributed by atoms with Crippen LogP contribution < -0.4 is 10.2 Å². The van der Waals surface area contributed by atoms with Crippen molar-refractivity contribution in [2.24, 2.45) is 17.3 Å². The third-order valence-electron chi connectivity index (χ3n) is 9.63. The highest BCUT2D eigenvalue weighted by Gasteiger charge is 3.00. The molecule has 4 heterocycles. The summed E-state index contributed by atoms with van der Waals surface area (Å²) in [4.78, 5) is 31.1. The number of carbonyl (C=O) groups excluding carboxylic acids is 3. The van der Waals surface area contributed by atoms with Crippen LogP contribution in [0.2, 0.25) is 0 Å². The van der Waals surface area contributed by atoms with Crippen LogP contribution in [-0.4, -0.2) is 70.8 Å². The summed E-state index contributed by atoms with van der Waals surface area (Å²) >= 11 is 0. The third-order valence-corrected chi connectivity index (χ3v) is 9.63. The Morgan fingerprint density at radius 2 is 1.79 bits per heavy atom. The van der Waals surface area contributed by atoms with Gasteiger partial charge in [0.05, 0.1) is 6.10 Å². The first-order valence-electron chi connectivity index (χ1n) is 12.0. The van der Waals surface area contributed by atoms with Crippen molar-refractivity contribution in [3.63, 3.8) is 0 Å². The number of esters is 1. The number of aliphatic hydroxyl groups excluding tert-OH is 1. The Balaban J connectivity index is 0.000000238. The second-order valence-electron chi connectivity index (χ2n) is 11.2. The van der Waals surface area contributed by atoms with Gasteiger partial charge >= 0.3 is 5.97 Å². The quantitative estimate of drug-likeness (QED) is 0.368. The minimum absolute atomic E-state index is 0.00808. The fourth-order valence-electron chi connectivity index (χ4n) is 7.91. The maximum absolute atomic E-state index is 12.1. The fraction of sp³-hybridized carbons (Fsp3) is 0.792. The van der Waals surface area contributed by atoms with Crippen LogP contribution in [0.25, 0.3) is 0 Å². The number of carboxylic acids is 2. The lowest BCUT2D eigenvalue weighted by atomic mass is 9.46. The molecule has 0 aromatic heterocycles. The second kappa shape index (κ2) is 6.60.